The zero-order valence-corrected chi connectivity index (χ0v) is 14.1. The first-order valence-electron chi connectivity index (χ1n) is 7.38. The van der Waals surface area contributed by atoms with Gasteiger partial charge in [0.05, 0.1) is 5.56 Å². The number of para-hydroxylation sites is 1. The topological polar surface area (TPSA) is 116 Å². The van der Waals surface area contributed by atoms with E-state index in [1.165, 1.54) is 12.1 Å². The smallest absolute Gasteiger partial charge is 0.419 e. The zero-order valence-electron chi connectivity index (χ0n) is 12.3. The van der Waals surface area contributed by atoms with Gasteiger partial charge in [-0.15, -0.1) is 0 Å². The molecule has 130 valence electrons. The summed E-state index contributed by atoms with van der Waals surface area (Å²) in [6.45, 7) is 0. The van der Waals surface area contributed by atoms with Crippen LogP contribution in [-0.4, -0.2) is 5.97 Å². The lowest BCUT2D eigenvalue weighted by Gasteiger charge is -2.31. The van der Waals surface area contributed by atoms with Crippen molar-refractivity contribution < 1.29 is 45.8 Å². The van der Waals surface area contributed by atoms with Gasteiger partial charge in [0.1, 0.15) is 5.75 Å². The molecule has 10 nitrogen and oxygen atoms in total. The van der Waals surface area contributed by atoms with Crippen molar-refractivity contribution in [2.24, 2.45) is 0 Å². The first-order valence-corrected chi connectivity index (χ1v) is 10.3. The number of ether oxygens (including phenoxy) is 1. The van der Waals surface area contributed by atoms with Crippen molar-refractivity contribution in [3.05, 3.63) is 35.4 Å². The lowest BCUT2D eigenvalue weighted by atomic mass is 9.86. The van der Waals surface area contributed by atoms with Crippen LogP contribution < -0.4 is 27.4 Å². The zero-order chi connectivity index (χ0) is 17.5. The minimum absolute atomic E-state index is 0.00724. The minimum atomic E-state index is -4.20. The van der Waals surface area contributed by atoms with Gasteiger partial charge < -0.3 is 27.4 Å². The molecule has 0 spiro atoms. The Morgan fingerprint density at radius 1 is 0.769 bits per heavy atom. The number of phosphoric acid groups is 2. The van der Waals surface area contributed by atoms with Crippen LogP contribution >= 0.6 is 15.6 Å². The molecule has 3 atom stereocenters. The first-order chi connectivity index (χ1) is 12.4. The van der Waals surface area contributed by atoms with Crippen LogP contribution in [0.2, 0.25) is 0 Å². The third-order valence-electron chi connectivity index (χ3n) is 4.65. The van der Waals surface area contributed by atoms with Gasteiger partial charge in [-0.2, -0.15) is 4.57 Å². The Morgan fingerprint density at radius 2 is 1.42 bits per heavy atom. The van der Waals surface area contributed by atoms with Gasteiger partial charge in [0.25, 0.3) is 0 Å². The van der Waals surface area contributed by atoms with E-state index in [0.717, 1.165) is 0 Å². The molecular formula is C14H4O10P2. The lowest BCUT2D eigenvalue weighted by molar-refractivity contribution is -0.147. The van der Waals surface area contributed by atoms with Crippen LogP contribution in [0.4, 0.5) is 0 Å². The summed E-state index contributed by atoms with van der Waals surface area (Å²) in [6, 6.07) is 6.16. The summed E-state index contributed by atoms with van der Waals surface area (Å²) in [5, 5.41) is 0. The highest BCUT2D eigenvalue weighted by Gasteiger charge is 2.71. The van der Waals surface area contributed by atoms with Crippen molar-refractivity contribution in [2.45, 2.75) is 5.60 Å². The monoisotopic (exact) mass is 394 g/mol. The Labute approximate surface area is 143 Å². The molecule has 5 aliphatic rings. The van der Waals surface area contributed by atoms with Crippen LogP contribution in [0.3, 0.4) is 0 Å². The Hall–Kier alpha value is -2.67. The van der Waals surface area contributed by atoms with Crippen LogP contribution in [0, 0.1) is 0 Å². The molecule has 0 radical (unpaired) electrons. The van der Waals surface area contributed by atoms with Crippen molar-refractivity contribution in [1.29, 1.82) is 0 Å². The Bertz CT molecular complexity index is 1220. The molecule has 5 aliphatic heterocycles. The highest BCUT2D eigenvalue weighted by atomic mass is 31.2. The van der Waals surface area contributed by atoms with Gasteiger partial charge in [0.2, 0.25) is 22.8 Å². The van der Waals surface area contributed by atoms with Crippen LogP contribution in [-0.2, 0) is 24.0 Å². The van der Waals surface area contributed by atoms with Crippen molar-refractivity contribution >= 4 is 21.6 Å². The second kappa shape index (κ2) is 3.57. The Balaban J connectivity index is 1.77. The van der Waals surface area contributed by atoms with Crippen LogP contribution in [0.15, 0.2) is 24.3 Å². The third-order valence-corrected chi connectivity index (χ3v) is 7.19. The Morgan fingerprint density at radius 3 is 2.27 bits per heavy atom. The van der Waals surface area contributed by atoms with E-state index in [2.05, 4.69) is 0 Å². The first kappa shape index (κ1) is 13.5. The molecular weight excluding hydrogens is 390 g/mol. The fraction of sp³-hybridized carbons (Fsp3) is 0.0714. The van der Waals surface area contributed by atoms with Gasteiger partial charge in [0.15, 0.2) is 11.5 Å². The van der Waals surface area contributed by atoms with Crippen molar-refractivity contribution in [3.63, 3.8) is 0 Å². The molecule has 0 fully saturated rings. The van der Waals surface area contributed by atoms with Gasteiger partial charge >= 0.3 is 21.6 Å². The van der Waals surface area contributed by atoms with E-state index < -0.39 is 27.2 Å². The number of carbonyl (C=O) groups excluding carboxylic acids is 1. The highest BCUT2D eigenvalue weighted by molar-refractivity contribution is 7.50. The fourth-order valence-corrected chi connectivity index (χ4v) is 6.51. The molecule has 0 N–H and O–H groups in total. The molecule has 12 heteroatoms. The van der Waals surface area contributed by atoms with Crippen LogP contribution in [0.25, 0.3) is 0 Å². The Kier molecular flexibility index (Phi) is 1.86. The maximum absolute atomic E-state index is 13.0. The largest absolute Gasteiger partial charge is 0.647 e. The number of rotatable bonds is 0. The highest BCUT2D eigenvalue weighted by Crippen LogP contribution is 2.81. The maximum Gasteiger partial charge on any atom is 0.647 e. The number of benzene rings is 2. The van der Waals surface area contributed by atoms with Crippen molar-refractivity contribution in [3.8, 4) is 34.5 Å². The molecule has 0 saturated carbocycles. The third kappa shape index (κ3) is 1.21. The molecule has 3 unspecified atom stereocenters. The number of fused-ring (bicyclic) bond motifs is 4. The summed E-state index contributed by atoms with van der Waals surface area (Å²) in [5.74, 6) is -1.42. The SMILES string of the molecule is O=C1Oc2c3c4c5c6c2C1(OP(=O)(O5)O6)c1ccccc1OP(=O)(O4)O3. The van der Waals surface area contributed by atoms with Crippen molar-refractivity contribution in [1.82, 2.24) is 0 Å². The van der Waals surface area contributed by atoms with Crippen molar-refractivity contribution in [2.75, 3.05) is 0 Å². The number of carbonyl (C=O) groups is 1. The summed E-state index contributed by atoms with van der Waals surface area (Å²) in [7, 11) is -8.35. The molecule has 0 amide bonds. The van der Waals surface area contributed by atoms with E-state index in [4.69, 9.17) is 31.9 Å². The van der Waals surface area contributed by atoms with E-state index in [0.29, 0.717) is 0 Å². The number of hydrogen-bond acceptors (Lipinski definition) is 10. The standard InChI is InChI=1S/C14H4O10P2/c15-13-14-5-3-1-2-4-6(5)19-25(16)21-10-8(18-13)7(14)9-11(12(10)22-25)23-26(17,20-9)24-14/h1-4H. The molecule has 0 saturated heterocycles. The number of phosphoric ester groups is 2. The summed E-state index contributed by atoms with van der Waals surface area (Å²) >= 11 is 0. The molecule has 2 aromatic rings. The predicted octanol–water partition coefficient (Wildman–Crippen LogP) is 3.03. The molecule has 0 aromatic heterocycles. The molecule has 7 rings (SSSR count). The van der Waals surface area contributed by atoms with E-state index in [1.54, 1.807) is 12.1 Å². The van der Waals surface area contributed by atoms with Gasteiger partial charge in [-0.1, -0.05) is 18.2 Å². The maximum atomic E-state index is 13.0. The van der Waals surface area contributed by atoms with E-state index in [1.807, 2.05) is 0 Å². The average molecular weight is 394 g/mol. The predicted molar refractivity (Wildman–Crippen MR) is 78.7 cm³/mol. The summed E-state index contributed by atoms with van der Waals surface area (Å²) in [4.78, 5) is 12.9. The normalized spacial score (nSPS) is 35.2. The minimum Gasteiger partial charge on any atom is -0.419 e. The van der Waals surface area contributed by atoms with Crippen LogP contribution in [0.5, 0.6) is 34.5 Å². The number of esters is 1. The van der Waals surface area contributed by atoms with Crippen LogP contribution in [0.1, 0.15) is 11.1 Å². The number of hydrogen-bond donors (Lipinski definition) is 0. The summed E-state index contributed by atoms with van der Waals surface area (Å²) in [6.07, 6.45) is 0. The average Bonchev–Trinajstić information content (AvgIpc) is 3.18. The van der Waals surface area contributed by atoms with Gasteiger partial charge in [-0.3, -0.25) is 0 Å². The van der Waals surface area contributed by atoms with Gasteiger partial charge in [-0.25, -0.2) is 13.9 Å². The second-order valence-electron chi connectivity index (χ2n) is 6.03. The summed E-state index contributed by atoms with van der Waals surface area (Å²) in [5.41, 5.74) is -1.71. The second-order valence-corrected chi connectivity index (χ2v) is 8.91. The van der Waals surface area contributed by atoms with Gasteiger partial charge in [0, 0.05) is 5.56 Å². The molecule has 0 aliphatic carbocycles. The summed E-state index contributed by atoms with van der Waals surface area (Å²) < 4.78 is 63.7. The lowest BCUT2D eigenvalue weighted by Crippen LogP contribution is -2.39. The molecule has 26 heavy (non-hydrogen) atoms. The molecule has 7 bridgehead atoms. The molecule has 2 aromatic carbocycles. The van der Waals surface area contributed by atoms with E-state index in [9.17, 15) is 13.9 Å². The van der Waals surface area contributed by atoms with Gasteiger partial charge in [-0.05, 0) is 6.07 Å². The van der Waals surface area contributed by atoms with E-state index in [-0.39, 0.29) is 45.6 Å². The fourth-order valence-electron chi connectivity index (χ4n) is 3.72. The van der Waals surface area contributed by atoms with E-state index >= 15 is 0 Å². The quantitative estimate of drug-likeness (QED) is 0.375. The molecule has 5 heterocycles.